The van der Waals surface area contributed by atoms with Crippen molar-refractivity contribution in [3.05, 3.63) is 12.7 Å². The molecule has 11 heavy (non-hydrogen) atoms. The van der Waals surface area contributed by atoms with Crippen LogP contribution in [0.25, 0.3) is 0 Å². The second-order valence-corrected chi connectivity index (χ2v) is 2.20. The number of halogens is 1. The first-order valence-electron chi connectivity index (χ1n) is 3.07. The first-order valence-corrected chi connectivity index (χ1v) is 3.07. The van der Waals surface area contributed by atoms with Gasteiger partial charge in [0.15, 0.2) is 6.23 Å². The van der Waals surface area contributed by atoms with E-state index < -0.39 is 0 Å². The molecular weight excluding hydrogens is 166 g/mol. The molecule has 1 unspecified atom stereocenters. The largest absolute Gasteiger partial charge is 0.444 e. The molecule has 4 heteroatoms. The third-order valence-corrected chi connectivity index (χ3v) is 1.18. The average molecular weight is 180 g/mol. The van der Waals surface area contributed by atoms with Crippen molar-refractivity contribution in [1.82, 2.24) is 4.90 Å². The van der Waals surface area contributed by atoms with Crippen LogP contribution < -0.4 is 0 Å². The van der Waals surface area contributed by atoms with E-state index in [1.165, 1.54) is 0 Å². The zero-order valence-corrected chi connectivity index (χ0v) is 7.85. The van der Waals surface area contributed by atoms with Crippen molar-refractivity contribution in [2.75, 3.05) is 14.1 Å². The minimum absolute atomic E-state index is 0. The quantitative estimate of drug-likeness (QED) is 0.369. The number of ether oxygens (including phenoxy) is 1. The van der Waals surface area contributed by atoms with Gasteiger partial charge in [0, 0.05) is 6.08 Å². The highest BCUT2D eigenvalue weighted by Crippen LogP contribution is 1.94. The summed E-state index contributed by atoms with van der Waals surface area (Å²) in [6.07, 6.45) is 0.963. The van der Waals surface area contributed by atoms with Crippen LogP contribution in [-0.4, -0.2) is 31.2 Å². The van der Waals surface area contributed by atoms with E-state index in [0.717, 1.165) is 6.08 Å². The van der Waals surface area contributed by atoms with Gasteiger partial charge in [-0.05, 0) is 21.0 Å². The van der Waals surface area contributed by atoms with Gasteiger partial charge in [-0.25, -0.2) is 4.79 Å². The maximum Gasteiger partial charge on any atom is 0.331 e. The van der Waals surface area contributed by atoms with Gasteiger partial charge in [0.05, 0.1) is 0 Å². The highest BCUT2D eigenvalue weighted by Gasteiger charge is 2.06. The molecule has 0 aromatic carbocycles. The molecule has 1 atom stereocenters. The Morgan fingerprint density at radius 1 is 1.64 bits per heavy atom. The monoisotopic (exact) mass is 179 g/mol. The molecule has 0 fully saturated rings. The molecule has 3 nitrogen and oxygen atoms in total. The van der Waals surface area contributed by atoms with Gasteiger partial charge in [0.1, 0.15) is 0 Å². The Kier molecular flexibility index (Phi) is 7.36. The van der Waals surface area contributed by atoms with E-state index >= 15 is 0 Å². The lowest BCUT2D eigenvalue weighted by Gasteiger charge is -2.18. The molecule has 0 rings (SSSR count). The van der Waals surface area contributed by atoms with Crippen LogP contribution in [0.15, 0.2) is 12.7 Å². The highest BCUT2D eigenvalue weighted by atomic mass is 35.5. The van der Waals surface area contributed by atoms with Crippen LogP contribution in [0.2, 0.25) is 0 Å². The van der Waals surface area contributed by atoms with E-state index in [4.69, 9.17) is 4.74 Å². The summed E-state index contributed by atoms with van der Waals surface area (Å²) in [5, 5.41) is 0. The van der Waals surface area contributed by atoms with E-state index in [1.54, 1.807) is 11.8 Å². The standard InChI is InChI=1S/C7H13NO2.ClH/c1-5-7(9)10-6(2)8(3)4;/h5-6H,1H2,2-4H3;1H. The fraction of sp³-hybridized carbons (Fsp3) is 0.571. The molecule has 0 bridgehead atoms. The summed E-state index contributed by atoms with van der Waals surface area (Å²) >= 11 is 0. The molecule has 0 aromatic rings. The highest BCUT2D eigenvalue weighted by molar-refractivity contribution is 5.85. The summed E-state index contributed by atoms with van der Waals surface area (Å²) in [6.45, 7) is 5.07. The third kappa shape index (κ3) is 5.88. The van der Waals surface area contributed by atoms with Crippen molar-refractivity contribution < 1.29 is 9.53 Å². The van der Waals surface area contributed by atoms with Gasteiger partial charge in [-0.1, -0.05) is 6.58 Å². The zero-order chi connectivity index (χ0) is 8.15. The van der Waals surface area contributed by atoms with E-state index in [1.807, 2.05) is 14.1 Å². The summed E-state index contributed by atoms with van der Waals surface area (Å²) in [6, 6.07) is 0. The fourth-order valence-corrected chi connectivity index (χ4v) is 0.322. The Morgan fingerprint density at radius 2 is 2.09 bits per heavy atom. The number of carbonyl (C=O) groups is 1. The Bertz CT molecular complexity index is 136. The molecule has 0 aliphatic carbocycles. The number of carbonyl (C=O) groups excluding carboxylic acids is 1. The predicted octanol–water partition coefficient (Wildman–Crippen LogP) is 1.04. The molecule has 0 heterocycles. The topological polar surface area (TPSA) is 29.5 Å². The lowest BCUT2D eigenvalue weighted by Crippen LogP contribution is -2.29. The Labute approximate surface area is 73.4 Å². The summed E-state index contributed by atoms with van der Waals surface area (Å²) in [5.41, 5.74) is 0. The first kappa shape index (κ1) is 13.1. The van der Waals surface area contributed by atoms with Crippen molar-refractivity contribution in [3.63, 3.8) is 0 Å². The van der Waals surface area contributed by atoms with Crippen molar-refractivity contribution in [3.8, 4) is 0 Å². The van der Waals surface area contributed by atoms with Gasteiger partial charge in [-0.3, -0.25) is 4.90 Å². The SMILES string of the molecule is C=CC(=O)OC(C)N(C)C.Cl. The molecular formula is C7H14ClNO2. The van der Waals surface area contributed by atoms with E-state index in [9.17, 15) is 4.79 Å². The summed E-state index contributed by atoms with van der Waals surface area (Å²) in [4.78, 5) is 12.4. The predicted molar refractivity (Wildman–Crippen MR) is 46.7 cm³/mol. The number of hydrogen-bond acceptors (Lipinski definition) is 3. The van der Waals surface area contributed by atoms with Gasteiger partial charge in [-0.2, -0.15) is 0 Å². The molecule has 0 saturated carbocycles. The van der Waals surface area contributed by atoms with Crippen LogP contribution in [0.5, 0.6) is 0 Å². The lowest BCUT2D eigenvalue weighted by molar-refractivity contribution is -0.149. The molecule has 0 aromatic heterocycles. The lowest BCUT2D eigenvalue weighted by atomic mass is 10.6. The smallest absolute Gasteiger partial charge is 0.331 e. The number of nitrogens with zero attached hydrogens (tertiary/aromatic N) is 1. The molecule has 0 N–H and O–H groups in total. The maximum atomic E-state index is 10.6. The van der Waals surface area contributed by atoms with Crippen LogP contribution in [0.3, 0.4) is 0 Å². The second kappa shape index (κ2) is 6.19. The van der Waals surface area contributed by atoms with Crippen LogP contribution in [-0.2, 0) is 9.53 Å². The van der Waals surface area contributed by atoms with Crippen molar-refractivity contribution in [2.45, 2.75) is 13.2 Å². The van der Waals surface area contributed by atoms with E-state index in [-0.39, 0.29) is 24.6 Å². The molecule has 66 valence electrons. The second-order valence-electron chi connectivity index (χ2n) is 2.20. The molecule has 0 aliphatic rings. The van der Waals surface area contributed by atoms with Gasteiger partial charge in [0.25, 0.3) is 0 Å². The molecule has 0 radical (unpaired) electrons. The summed E-state index contributed by atoms with van der Waals surface area (Å²) < 4.78 is 4.83. The zero-order valence-electron chi connectivity index (χ0n) is 7.03. The average Bonchev–Trinajstić information content (AvgIpc) is 1.87. The molecule has 0 amide bonds. The fourth-order valence-electron chi connectivity index (χ4n) is 0.322. The van der Waals surface area contributed by atoms with E-state index in [0.29, 0.717) is 0 Å². The van der Waals surface area contributed by atoms with Crippen LogP contribution in [0, 0.1) is 0 Å². The van der Waals surface area contributed by atoms with Crippen LogP contribution in [0.4, 0.5) is 0 Å². The van der Waals surface area contributed by atoms with Crippen LogP contribution in [0.1, 0.15) is 6.92 Å². The Balaban J connectivity index is 0. The summed E-state index contributed by atoms with van der Waals surface area (Å²) in [5.74, 6) is -0.388. The number of esters is 1. The molecule has 0 spiro atoms. The third-order valence-electron chi connectivity index (χ3n) is 1.18. The Hall–Kier alpha value is -0.540. The minimum Gasteiger partial charge on any atom is -0.444 e. The number of rotatable bonds is 3. The first-order chi connectivity index (χ1) is 4.57. The van der Waals surface area contributed by atoms with Crippen LogP contribution >= 0.6 is 12.4 Å². The molecule has 0 aliphatic heterocycles. The normalized spacial score (nSPS) is 11.6. The van der Waals surface area contributed by atoms with Gasteiger partial charge in [0.2, 0.25) is 0 Å². The maximum absolute atomic E-state index is 10.6. The number of hydrogen-bond donors (Lipinski definition) is 0. The minimum atomic E-state index is -0.388. The Morgan fingerprint density at radius 3 is 2.36 bits per heavy atom. The van der Waals surface area contributed by atoms with Gasteiger partial charge in [-0.15, -0.1) is 12.4 Å². The summed E-state index contributed by atoms with van der Waals surface area (Å²) in [7, 11) is 3.67. The van der Waals surface area contributed by atoms with E-state index in [2.05, 4.69) is 6.58 Å². The van der Waals surface area contributed by atoms with Gasteiger partial charge < -0.3 is 4.74 Å². The molecule has 0 saturated heterocycles. The van der Waals surface area contributed by atoms with Crippen molar-refractivity contribution in [2.24, 2.45) is 0 Å². The van der Waals surface area contributed by atoms with Crippen molar-refractivity contribution >= 4 is 18.4 Å². The van der Waals surface area contributed by atoms with Gasteiger partial charge >= 0.3 is 5.97 Å². The van der Waals surface area contributed by atoms with Crippen molar-refractivity contribution in [1.29, 1.82) is 0 Å².